The second kappa shape index (κ2) is 6.98. The normalized spacial score (nSPS) is 20.4. The number of carbonyl (C=O) groups is 2. The lowest BCUT2D eigenvalue weighted by Crippen LogP contribution is -2.51. The summed E-state index contributed by atoms with van der Waals surface area (Å²) in [5.41, 5.74) is 1.39. The number of morpholine rings is 1. The van der Waals surface area contributed by atoms with Crippen LogP contribution in [-0.4, -0.2) is 41.5 Å². The predicted octanol–water partition coefficient (Wildman–Crippen LogP) is 2.07. The van der Waals surface area contributed by atoms with E-state index in [1.807, 2.05) is 13.0 Å². The highest BCUT2D eigenvalue weighted by molar-refractivity contribution is 5.95. The molecule has 2 aromatic rings. The molecular weight excluding hydrogens is 325 g/mol. The van der Waals surface area contributed by atoms with Crippen molar-refractivity contribution in [2.45, 2.75) is 19.1 Å². The summed E-state index contributed by atoms with van der Waals surface area (Å²) in [7, 11) is 1.60. The Kier molecular flexibility index (Phi) is 4.76. The maximum absolute atomic E-state index is 13.2. The Morgan fingerprint density at radius 1 is 1.28 bits per heavy atom. The van der Waals surface area contributed by atoms with Gasteiger partial charge in [0.25, 0.3) is 5.91 Å². The van der Waals surface area contributed by atoms with Crippen LogP contribution < -0.4 is 5.32 Å². The topological polar surface area (TPSA) is 71.5 Å². The molecular formula is C18H18FN3O3. The molecule has 1 aromatic heterocycles. The number of aryl methyl sites for hydroxylation is 1. The van der Waals surface area contributed by atoms with Crippen molar-refractivity contribution < 1.29 is 18.7 Å². The predicted molar refractivity (Wildman–Crippen MR) is 89.3 cm³/mol. The van der Waals surface area contributed by atoms with E-state index in [1.165, 1.54) is 17.0 Å². The molecule has 1 aliphatic heterocycles. The summed E-state index contributed by atoms with van der Waals surface area (Å²) in [5, 5.41) is 2.71. The van der Waals surface area contributed by atoms with Crippen LogP contribution in [0.15, 0.2) is 42.5 Å². The lowest BCUT2D eigenvalue weighted by atomic mass is 9.97. The fourth-order valence-electron chi connectivity index (χ4n) is 2.80. The zero-order chi connectivity index (χ0) is 18.0. The molecule has 3 rings (SSSR count). The Balaban J connectivity index is 1.87. The van der Waals surface area contributed by atoms with Gasteiger partial charge in [-0.2, -0.15) is 0 Å². The second-order valence-electron chi connectivity index (χ2n) is 5.89. The number of nitrogens with one attached hydrogen (secondary N) is 1. The Morgan fingerprint density at radius 3 is 2.68 bits per heavy atom. The Hall–Kier alpha value is -2.80. The first kappa shape index (κ1) is 17.0. The van der Waals surface area contributed by atoms with Crippen molar-refractivity contribution in [1.82, 2.24) is 9.88 Å². The number of halogens is 1. The van der Waals surface area contributed by atoms with Gasteiger partial charge >= 0.3 is 0 Å². The van der Waals surface area contributed by atoms with E-state index in [9.17, 15) is 14.0 Å². The minimum Gasteiger partial charge on any atom is -0.356 e. The van der Waals surface area contributed by atoms with Crippen LogP contribution >= 0.6 is 0 Å². The molecule has 0 radical (unpaired) electrons. The summed E-state index contributed by atoms with van der Waals surface area (Å²) in [6.07, 6.45) is -0.921. The molecule has 2 atom stereocenters. The summed E-state index contributed by atoms with van der Waals surface area (Å²) in [6, 6.07) is 10.3. The van der Waals surface area contributed by atoms with Gasteiger partial charge in [0, 0.05) is 12.7 Å². The van der Waals surface area contributed by atoms with Crippen LogP contribution in [0.3, 0.4) is 0 Å². The zero-order valence-electron chi connectivity index (χ0n) is 13.9. The Labute approximate surface area is 144 Å². The largest absolute Gasteiger partial charge is 0.356 e. The fraction of sp³-hybridized carbons (Fsp3) is 0.278. The molecule has 1 aromatic carbocycles. The van der Waals surface area contributed by atoms with Crippen molar-refractivity contribution in [3.63, 3.8) is 0 Å². The molecule has 0 unspecified atom stereocenters. The van der Waals surface area contributed by atoms with Crippen LogP contribution in [0.2, 0.25) is 0 Å². The van der Waals surface area contributed by atoms with E-state index in [1.54, 1.807) is 31.3 Å². The van der Waals surface area contributed by atoms with Crippen LogP contribution in [0, 0.1) is 12.7 Å². The van der Waals surface area contributed by atoms with Gasteiger partial charge in [0.15, 0.2) is 6.10 Å². The van der Waals surface area contributed by atoms with Crippen LogP contribution in [0.4, 0.5) is 10.2 Å². The van der Waals surface area contributed by atoms with E-state index in [0.29, 0.717) is 11.4 Å². The van der Waals surface area contributed by atoms with E-state index >= 15 is 0 Å². The maximum Gasteiger partial charge on any atom is 0.257 e. The van der Waals surface area contributed by atoms with Crippen LogP contribution in [-0.2, 0) is 14.3 Å². The summed E-state index contributed by atoms with van der Waals surface area (Å²) in [5.74, 6) is -0.635. The molecule has 7 heteroatoms. The average molecular weight is 343 g/mol. The fourth-order valence-corrected chi connectivity index (χ4v) is 2.80. The quantitative estimate of drug-likeness (QED) is 0.926. The van der Waals surface area contributed by atoms with Crippen molar-refractivity contribution in [2.75, 3.05) is 19.0 Å². The highest BCUT2D eigenvalue weighted by Gasteiger charge is 2.40. The number of nitrogens with zero attached hydrogens (tertiary/aromatic N) is 2. The summed E-state index contributed by atoms with van der Waals surface area (Å²) in [6.45, 7) is 1.63. The van der Waals surface area contributed by atoms with Gasteiger partial charge in [0.1, 0.15) is 18.2 Å². The van der Waals surface area contributed by atoms with Gasteiger partial charge in [0.2, 0.25) is 5.91 Å². The standard InChI is InChI=1S/C18H18FN3O3/c1-11-4-3-5-14(20-11)21-18(24)17-16(22(2)15(23)10-25-17)12-6-8-13(19)9-7-12/h3-9,16-17H,10H2,1-2H3,(H,20,21,24)/t16-,17+/m1/s1. The summed E-state index contributed by atoms with van der Waals surface area (Å²) < 4.78 is 18.7. The van der Waals surface area contributed by atoms with Crippen molar-refractivity contribution in [1.29, 1.82) is 0 Å². The minimum atomic E-state index is -0.921. The number of anilines is 1. The van der Waals surface area contributed by atoms with E-state index in [2.05, 4.69) is 10.3 Å². The van der Waals surface area contributed by atoms with Crippen molar-refractivity contribution in [2.24, 2.45) is 0 Å². The molecule has 0 bridgehead atoms. The van der Waals surface area contributed by atoms with Crippen LogP contribution in [0.1, 0.15) is 17.3 Å². The number of hydrogen-bond acceptors (Lipinski definition) is 4. The third-order valence-corrected chi connectivity index (χ3v) is 4.09. The van der Waals surface area contributed by atoms with E-state index in [4.69, 9.17) is 4.74 Å². The molecule has 2 heterocycles. The molecule has 6 nitrogen and oxygen atoms in total. The van der Waals surface area contributed by atoms with Gasteiger partial charge in [-0.25, -0.2) is 9.37 Å². The number of likely N-dealkylation sites (N-methyl/N-ethyl adjacent to an activating group) is 1. The third kappa shape index (κ3) is 3.66. The van der Waals surface area contributed by atoms with E-state index < -0.39 is 18.1 Å². The summed E-state index contributed by atoms with van der Waals surface area (Å²) >= 11 is 0. The highest BCUT2D eigenvalue weighted by Crippen LogP contribution is 2.30. The lowest BCUT2D eigenvalue weighted by molar-refractivity contribution is -0.160. The molecule has 130 valence electrons. The van der Waals surface area contributed by atoms with E-state index in [-0.39, 0.29) is 18.3 Å². The number of rotatable bonds is 3. The molecule has 0 aliphatic carbocycles. The molecule has 1 aliphatic rings. The molecule has 1 saturated heterocycles. The van der Waals surface area contributed by atoms with Crippen molar-refractivity contribution >= 4 is 17.6 Å². The molecule has 0 spiro atoms. The second-order valence-corrected chi connectivity index (χ2v) is 5.89. The molecule has 1 N–H and O–H groups in total. The zero-order valence-corrected chi connectivity index (χ0v) is 13.9. The molecule has 0 saturated carbocycles. The Bertz CT molecular complexity index is 794. The first-order valence-electron chi connectivity index (χ1n) is 7.83. The average Bonchev–Trinajstić information content (AvgIpc) is 2.58. The number of amides is 2. The first-order chi connectivity index (χ1) is 12.0. The smallest absolute Gasteiger partial charge is 0.257 e. The lowest BCUT2D eigenvalue weighted by Gasteiger charge is -2.38. The van der Waals surface area contributed by atoms with Gasteiger partial charge in [-0.1, -0.05) is 18.2 Å². The van der Waals surface area contributed by atoms with Crippen LogP contribution in [0.25, 0.3) is 0 Å². The monoisotopic (exact) mass is 343 g/mol. The number of benzene rings is 1. The molecule has 1 fully saturated rings. The van der Waals surface area contributed by atoms with Crippen LogP contribution in [0.5, 0.6) is 0 Å². The summed E-state index contributed by atoms with van der Waals surface area (Å²) in [4.78, 5) is 30.4. The Morgan fingerprint density at radius 2 is 2.00 bits per heavy atom. The van der Waals surface area contributed by atoms with Crippen molar-refractivity contribution in [3.05, 3.63) is 59.5 Å². The van der Waals surface area contributed by atoms with Gasteiger partial charge < -0.3 is 15.0 Å². The van der Waals surface area contributed by atoms with E-state index in [0.717, 1.165) is 5.69 Å². The molecule has 25 heavy (non-hydrogen) atoms. The number of hydrogen-bond donors (Lipinski definition) is 1. The number of carbonyl (C=O) groups excluding carboxylic acids is 2. The minimum absolute atomic E-state index is 0.187. The number of ether oxygens (including phenoxy) is 1. The van der Waals surface area contributed by atoms with Gasteiger partial charge in [-0.05, 0) is 36.8 Å². The number of pyridine rings is 1. The highest BCUT2D eigenvalue weighted by atomic mass is 19.1. The SMILES string of the molecule is Cc1cccc(NC(=O)[C@H]2OCC(=O)N(C)[C@@H]2c2ccc(F)cc2)n1. The maximum atomic E-state index is 13.2. The van der Waals surface area contributed by atoms with Gasteiger partial charge in [-0.15, -0.1) is 0 Å². The van der Waals surface area contributed by atoms with Gasteiger partial charge in [0.05, 0.1) is 6.04 Å². The first-order valence-corrected chi connectivity index (χ1v) is 7.83. The number of aromatic nitrogens is 1. The van der Waals surface area contributed by atoms with Crippen molar-refractivity contribution in [3.8, 4) is 0 Å². The molecule has 2 amide bonds. The van der Waals surface area contributed by atoms with Gasteiger partial charge in [-0.3, -0.25) is 9.59 Å². The third-order valence-electron chi connectivity index (χ3n) is 4.09.